The molecule has 2 N–H and O–H groups in total. The summed E-state index contributed by atoms with van der Waals surface area (Å²) < 4.78 is 6.42. The average molecular weight is 377 g/mol. The van der Waals surface area contributed by atoms with E-state index in [0.717, 1.165) is 5.69 Å². The molecule has 2 aromatic carbocycles. The Kier molecular flexibility index (Phi) is 5.57. The molecular formula is C17H15ClN3O3S+. The molecule has 1 aromatic heterocycles. The number of halogens is 1. The predicted octanol–water partition coefficient (Wildman–Crippen LogP) is 3.02. The third-order valence-electron chi connectivity index (χ3n) is 3.34. The number of aromatic amines is 1. The second-order valence-corrected chi connectivity index (χ2v) is 6.57. The van der Waals surface area contributed by atoms with Gasteiger partial charge >= 0.3 is 10.7 Å². The van der Waals surface area contributed by atoms with Crippen molar-refractivity contribution in [2.45, 2.75) is 11.4 Å². The van der Waals surface area contributed by atoms with Gasteiger partial charge in [-0.2, -0.15) is 0 Å². The van der Waals surface area contributed by atoms with E-state index < -0.39 is 5.63 Å². The van der Waals surface area contributed by atoms with Gasteiger partial charge in [-0.1, -0.05) is 41.9 Å². The predicted molar refractivity (Wildman–Crippen MR) is 96.3 cm³/mol. The van der Waals surface area contributed by atoms with Crippen molar-refractivity contribution in [2.75, 3.05) is 11.1 Å². The molecule has 0 spiro atoms. The molecule has 128 valence electrons. The van der Waals surface area contributed by atoms with Crippen molar-refractivity contribution in [2.24, 2.45) is 0 Å². The summed E-state index contributed by atoms with van der Waals surface area (Å²) in [6.45, 7) is 0. The highest BCUT2D eigenvalue weighted by Crippen LogP contribution is 2.21. The molecule has 0 fully saturated rings. The van der Waals surface area contributed by atoms with Gasteiger partial charge in [0.25, 0.3) is 0 Å². The highest BCUT2D eigenvalue weighted by molar-refractivity contribution is 7.99. The molecule has 25 heavy (non-hydrogen) atoms. The first kappa shape index (κ1) is 17.3. The molecule has 3 aromatic rings. The Morgan fingerprint density at radius 2 is 1.88 bits per heavy atom. The second kappa shape index (κ2) is 8.04. The Bertz CT molecular complexity index is 924. The quantitative estimate of drug-likeness (QED) is 0.512. The number of rotatable bonds is 6. The zero-order chi connectivity index (χ0) is 17.6. The van der Waals surface area contributed by atoms with Crippen molar-refractivity contribution in [3.63, 3.8) is 0 Å². The average Bonchev–Trinajstić information content (AvgIpc) is 2.99. The van der Waals surface area contributed by atoms with Gasteiger partial charge in [0.2, 0.25) is 11.6 Å². The van der Waals surface area contributed by atoms with Crippen molar-refractivity contribution in [1.29, 1.82) is 0 Å². The molecule has 3 rings (SSSR count). The number of nitrogens with one attached hydrogen (secondary N) is 2. The molecule has 0 bridgehead atoms. The Balaban J connectivity index is 1.61. The molecule has 0 saturated carbocycles. The zero-order valence-electron chi connectivity index (χ0n) is 13.1. The summed E-state index contributed by atoms with van der Waals surface area (Å²) in [5.41, 5.74) is 0.872. The van der Waals surface area contributed by atoms with Crippen LogP contribution in [-0.4, -0.2) is 16.9 Å². The molecular weight excluding hydrogens is 362 g/mol. The molecule has 0 aliphatic carbocycles. The highest BCUT2D eigenvalue weighted by Gasteiger charge is 2.23. The summed E-state index contributed by atoms with van der Waals surface area (Å²) in [4.78, 5) is 23.9. The lowest BCUT2D eigenvalue weighted by Gasteiger charge is -2.05. The lowest BCUT2D eigenvalue weighted by Crippen LogP contribution is -2.36. The number of amides is 1. The fourth-order valence-electron chi connectivity index (χ4n) is 2.15. The third kappa shape index (κ3) is 4.32. The highest BCUT2D eigenvalue weighted by atomic mass is 35.5. The van der Waals surface area contributed by atoms with E-state index in [4.69, 9.17) is 16.1 Å². The van der Waals surface area contributed by atoms with E-state index in [1.165, 1.54) is 11.8 Å². The number of aromatic nitrogens is 2. The molecule has 1 heterocycles. The lowest BCUT2D eigenvalue weighted by molar-refractivity contribution is -0.704. The van der Waals surface area contributed by atoms with Crippen LogP contribution in [0.1, 0.15) is 6.42 Å². The van der Waals surface area contributed by atoms with Crippen molar-refractivity contribution in [1.82, 2.24) is 5.27 Å². The van der Waals surface area contributed by atoms with Gasteiger partial charge in [-0.15, -0.1) is 0 Å². The number of carbonyl (C=O) groups excluding carboxylic acids is 1. The number of thioether (sulfide) groups is 1. The SMILES string of the molecule is O=C(CCSc1c(=O)o[nH][n+]1-c1ccccc1)Nc1ccccc1Cl. The number of benzene rings is 2. The minimum Gasteiger partial charge on any atom is -0.325 e. The first-order chi connectivity index (χ1) is 12.1. The number of nitrogens with zero attached hydrogens (tertiary/aromatic N) is 1. The van der Waals surface area contributed by atoms with Crippen LogP contribution in [0.3, 0.4) is 0 Å². The smallest absolute Gasteiger partial charge is 0.325 e. The van der Waals surface area contributed by atoms with Gasteiger partial charge in [0.1, 0.15) is 0 Å². The molecule has 1 amide bonds. The van der Waals surface area contributed by atoms with E-state index in [2.05, 4.69) is 10.6 Å². The number of hydrogen-bond donors (Lipinski definition) is 2. The van der Waals surface area contributed by atoms with Crippen molar-refractivity contribution in [3.05, 3.63) is 70.0 Å². The van der Waals surface area contributed by atoms with Gasteiger partial charge in [-0.3, -0.25) is 9.32 Å². The molecule has 0 aliphatic rings. The lowest BCUT2D eigenvalue weighted by atomic mass is 10.3. The van der Waals surface area contributed by atoms with Crippen LogP contribution in [0.2, 0.25) is 5.02 Å². The van der Waals surface area contributed by atoms with E-state index >= 15 is 0 Å². The second-order valence-electron chi connectivity index (χ2n) is 5.08. The number of carbonyl (C=O) groups is 1. The number of H-pyrrole nitrogens is 1. The number of anilines is 1. The Hall–Kier alpha value is -2.51. The largest absolute Gasteiger partial charge is 0.442 e. The first-order valence-corrected chi connectivity index (χ1v) is 8.87. The normalized spacial score (nSPS) is 10.6. The van der Waals surface area contributed by atoms with E-state index in [-0.39, 0.29) is 12.3 Å². The van der Waals surface area contributed by atoms with E-state index in [9.17, 15) is 9.59 Å². The van der Waals surface area contributed by atoms with E-state index in [0.29, 0.717) is 21.5 Å². The van der Waals surface area contributed by atoms with Crippen LogP contribution in [0.5, 0.6) is 0 Å². The van der Waals surface area contributed by atoms with Crippen LogP contribution in [-0.2, 0) is 4.79 Å². The topological polar surface area (TPSA) is 79.0 Å². The molecule has 0 unspecified atom stereocenters. The van der Waals surface area contributed by atoms with Crippen LogP contribution in [0, 0.1) is 0 Å². The summed E-state index contributed by atoms with van der Waals surface area (Å²) in [5.74, 6) is 0.248. The van der Waals surface area contributed by atoms with Crippen LogP contribution in [0.15, 0.2) is 68.9 Å². The van der Waals surface area contributed by atoms with Crippen molar-refractivity contribution >= 4 is 35.0 Å². The fraction of sp³-hybridized carbons (Fsp3) is 0.118. The Morgan fingerprint density at radius 3 is 2.64 bits per heavy atom. The van der Waals surface area contributed by atoms with Gasteiger partial charge in [0.05, 0.1) is 10.7 Å². The van der Waals surface area contributed by atoms with Gasteiger partial charge in [0, 0.05) is 24.3 Å². The monoisotopic (exact) mass is 376 g/mol. The standard InChI is InChI=1S/C17H14ClN3O3S/c18-13-8-4-5-9-14(13)19-15(22)10-11-25-16-17(23)24-20-21(16)12-6-2-1-3-7-12/h1-9H,10-11H2,(H-,19,20,22,23)/p+1. The Morgan fingerprint density at radius 1 is 1.16 bits per heavy atom. The van der Waals surface area contributed by atoms with Gasteiger partial charge in [-0.25, -0.2) is 4.79 Å². The van der Waals surface area contributed by atoms with Crippen molar-refractivity contribution < 1.29 is 14.0 Å². The first-order valence-electron chi connectivity index (χ1n) is 7.51. The fourth-order valence-corrected chi connectivity index (χ4v) is 3.24. The van der Waals surface area contributed by atoms with Crippen LogP contribution in [0.4, 0.5) is 5.69 Å². The van der Waals surface area contributed by atoms with Gasteiger partial charge in [0.15, 0.2) is 0 Å². The Labute approximate surface area is 152 Å². The minimum atomic E-state index is -0.472. The third-order valence-corrected chi connectivity index (χ3v) is 4.70. The summed E-state index contributed by atoms with van der Waals surface area (Å²) in [5, 5.41) is 6.19. The molecule has 0 radical (unpaired) electrons. The summed E-state index contributed by atoms with van der Waals surface area (Å²) in [6.07, 6.45) is 0.231. The van der Waals surface area contributed by atoms with Crippen LogP contribution >= 0.6 is 23.4 Å². The summed E-state index contributed by atoms with van der Waals surface area (Å²) >= 11 is 7.26. The minimum absolute atomic E-state index is 0.174. The number of para-hydroxylation sites is 2. The van der Waals surface area contributed by atoms with Gasteiger partial charge < -0.3 is 5.32 Å². The maximum absolute atomic E-state index is 12.0. The molecule has 0 atom stereocenters. The summed E-state index contributed by atoms with van der Waals surface area (Å²) in [6, 6.07) is 16.3. The number of hydrogen-bond acceptors (Lipinski definition) is 4. The maximum Gasteiger partial charge on any atom is 0.442 e. The van der Waals surface area contributed by atoms with E-state index in [1.54, 1.807) is 28.9 Å². The van der Waals surface area contributed by atoms with Crippen LogP contribution in [0.25, 0.3) is 5.69 Å². The maximum atomic E-state index is 12.0. The van der Waals surface area contributed by atoms with Crippen molar-refractivity contribution in [3.8, 4) is 5.69 Å². The molecule has 0 aliphatic heterocycles. The van der Waals surface area contributed by atoms with E-state index in [1.807, 2.05) is 30.3 Å². The molecule has 8 heteroatoms. The molecule has 0 saturated heterocycles. The van der Waals surface area contributed by atoms with Gasteiger partial charge in [-0.05, 0) is 33.8 Å². The van der Waals surface area contributed by atoms with Crippen LogP contribution < -0.4 is 15.6 Å². The zero-order valence-corrected chi connectivity index (χ0v) is 14.6. The molecule has 6 nitrogen and oxygen atoms in total. The summed E-state index contributed by atoms with van der Waals surface area (Å²) in [7, 11) is 0.